The molecule has 92 valence electrons. The number of aromatic nitrogens is 1. The molecule has 1 unspecified atom stereocenters. The van der Waals surface area contributed by atoms with Crippen LogP contribution in [0, 0.1) is 5.41 Å². The smallest absolute Gasteiger partial charge is 0.304 e. The second kappa shape index (κ2) is 5.67. The fourth-order valence-electron chi connectivity index (χ4n) is 2.12. The molecule has 1 atom stereocenters. The first-order valence-electron chi connectivity index (χ1n) is 6.13. The molecule has 0 aliphatic heterocycles. The summed E-state index contributed by atoms with van der Waals surface area (Å²) in [5.41, 5.74) is 1.34. The van der Waals surface area contributed by atoms with Gasteiger partial charge in [-0.15, -0.1) is 0 Å². The van der Waals surface area contributed by atoms with Crippen LogP contribution >= 0.6 is 11.3 Å². The summed E-state index contributed by atoms with van der Waals surface area (Å²) in [4.78, 5) is 14.3. The molecule has 1 heterocycles. The monoisotopic (exact) mass is 241 g/mol. The van der Waals surface area contributed by atoms with Crippen molar-refractivity contribution >= 4 is 11.3 Å². The van der Waals surface area contributed by atoms with E-state index in [1.807, 2.05) is 5.38 Å². The zero-order valence-corrected chi connectivity index (χ0v) is 11.6. The Morgan fingerprint density at radius 2 is 2.06 bits per heavy atom. The van der Waals surface area contributed by atoms with Crippen molar-refractivity contribution < 1.29 is 0 Å². The molecular formula is C13H23NOS. The van der Waals surface area contributed by atoms with Crippen molar-refractivity contribution in [3.63, 3.8) is 0 Å². The number of hydrogen-bond donors (Lipinski definition) is 1. The summed E-state index contributed by atoms with van der Waals surface area (Å²) in [5.74, 6) is 0.470. The molecule has 0 radical (unpaired) electrons. The van der Waals surface area contributed by atoms with Crippen molar-refractivity contribution in [2.24, 2.45) is 5.41 Å². The number of H-pyrrole nitrogens is 1. The van der Waals surface area contributed by atoms with Gasteiger partial charge in [0.15, 0.2) is 0 Å². The largest absolute Gasteiger partial charge is 0.316 e. The van der Waals surface area contributed by atoms with E-state index < -0.39 is 0 Å². The number of hydrogen-bond acceptors (Lipinski definition) is 2. The standard InChI is InChI=1S/C13H23NOS/c1-5-6-7-8-10(13(2,3)4)11-9-16-12(15)14-11/h9-10H,5-8H2,1-4H3,(H,14,15). The highest BCUT2D eigenvalue weighted by Gasteiger charge is 2.26. The summed E-state index contributed by atoms with van der Waals surface area (Å²) >= 11 is 1.28. The minimum Gasteiger partial charge on any atom is -0.316 e. The minimum atomic E-state index is 0.0692. The van der Waals surface area contributed by atoms with Crippen LogP contribution in [0.3, 0.4) is 0 Å². The summed E-state index contributed by atoms with van der Waals surface area (Å²) in [5, 5.41) is 1.99. The lowest BCUT2D eigenvalue weighted by Crippen LogP contribution is -2.19. The van der Waals surface area contributed by atoms with Gasteiger partial charge in [-0.3, -0.25) is 4.79 Å². The van der Waals surface area contributed by atoms with Gasteiger partial charge in [0.1, 0.15) is 0 Å². The fraction of sp³-hybridized carbons (Fsp3) is 0.769. The van der Waals surface area contributed by atoms with Crippen LogP contribution in [0.1, 0.15) is 65.0 Å². The Kier molecular flexibility index (Phi) is 4.78. The zero-order chi connectivity index (χ0) is 12.2. The van der Waals surface area contributed by atoms with Gasteiger partial charge in [0.25, 0.3) is 0 Å². The molecule has 16 heavy (non-hydrogen) atoms. The van der Waals surface area contributed by atoms with Gasteiger partial charge in [-0.25, -0.2) is 0 Å². The molecule has 1 aromatic rings. The van der Waals surface area contributed by atoms with Crippen LogP contribution in [-0.4, -0.2) is 4.98 Å². The number of unbranched alkanes of at least 4 members (excludes halogenated alkanes) is 2. The van der Waals surface area contributed by atoms with E-state index in [4.69, 9.17) is 0 Å². The maximum atomic E-state index is 11.2. The van der Waals surface area contributed by atoms with Crippen molar-refractivity contribution in [3.05, 3.63) is 20.7 Å². The number of thiazole rings is 1. The van der Waals surface area contributed by atoms with Crippen LogP contribution in [0.25, 0.3) is 0 Å². The fourth-order valence-corrected chi connectivity index (χ4v) is 2.75. The predicted octanol–water partition coefficient (Wildman–Crippen LogP) is 4.15. The minimum absolute atomic E-state index is 0.0692. The molecule has 0 saturated carbocycles. The first-order valence-corrected chi connectivity index (χ1v) is 7.00. The second-order valence-electron chi connectivity index (χ2n) is 5.52. The highest BCUT2D eigenvalue weighted by molar-refractivity contribution is 7.07. The van der Waals surface area contributed by atoms with Crippen LogP contribution < -0.4 is 4.87 Å². The topological polar surface area (TPSA) is 32.9 Å². The van der Waals surface area contributed by atoms with Crippen LogP contribution in [-0.2, 0) is 0 Å². The van der Waals surface area contributed by atoms with Gasteiger partial charge in [0, 0.05) is 17.0 Å². The Bertz CT molecular complexity index is 358. The summed E-state index contributed by atoms with van der Waals surface area (Å²) in [6, 6.07) is 0. The molecular weight excluding hydrogens is 218 g/mol. The zero-order valence-electron chi connectivity index (χ0n) is 10.8. The first kappa shape index (κ1) is 13.5. The van der Waals surface area contributed by atoms with Gasteiger partial charge in [-0.2, -0.15) is 0 Å². The van der Waals surface area contributed by atoms with Crippen LogP contribution in [0.2, 0.25) is 0 Å². The lowest BCUT2D eigenvalue weighted by molar-refractivity contribution is 0.293. The second-order valence-corrected chi connectivity index (χ2v) is 6.36. The molecule has 0 aromatic carbocycles. The molecule has 0 bridgehead atoms. The molecule has 0 fully saturated rings. The average molecular weight is 241 g/mol. The predicted molar refractivity (Wildman–Crippen MR) is 71.3 cm³/mol. The van der Waals surface area contributed by atoms with Gasteiger partial charge in [-0.05, 0) is 11.8 Å². The van der Waals surface area contributed by atoms with E-state index in [1.165, 1.54) is 37.0 Å². The quantitative estimate of drug-likeness (QED) is 0.772. The number of aromatic amines is 1. The summed E-state index contributed by atoms with van der Waals surface area (Å²) in [6.07, 6.45) is 4.94. The van der Waals surface area contributed by atoms with E-state index in [1.54, 1.807) is 0 Å². The molecule has 1 N–H and O–H groups in total. The molecule has 1 rings (SSSR count). The molecule has 0 spiro atoms. The summed E-state index contributed by atoms with van der Waals surface area (Å²) in [7, 11) is 0. The van der Waals surface area contributed by atoms with E-state index in [-0.39, 0.29) is 10.3 Å². The maximum absolute atomic E-state index is 11.2. The Morgan fingerprint density at radius 3 is 2.50 bits per heavy atom. The van der Waals surface area contributed by atoms with E-state index in [0.717, 1.165) is 5.69 Å². The van der Waals surface area contributed by atoms with Crippen molar-refractivity contribution in [2.75, 3.05) is 0 Å². The summed E-state index contributed by atoms with van der Waals surface area (Å²) < 4.78 is 0. The van der Waals surface area contributed by atoms with Crippen molar-refractivity contribution in [2.45, 2.75) is 59.3 Å². The summed E-state index contributed by atoms with van der Waals surface area (Å²) in [6.45, 7) is 8.97. The SMILES string of the molecule is CCCCCC(c1csc(=O)[nH]1)C(C)(C)C. The van der Waals surface area contributed by atoms with Gasteiger partial charge in [-0.1, -0.05) is 58.3 Å². The molecule has 0 aliphatic rings. The van der Waals surface area contributed by atoms with Crippen molar-refractivity contribution in [1.82, 2.24) is 4.98 Å². The molecule has 2 nitrogen and oxygen atoms in total. The Morgan fingerprint density at radius 1 is 1.38 bits per heavy atom. The molecule has 1 aromatic heterocycles. The normalized spacial score (nSPS) is 14.0. The van der Waals surface area contributed by atoms with Gasteiger partial charge in [0.2, 0.25) is 0 Å². The third kappa shape index (κ3) is 3.78. The average Bonchev–Trinajstić information content (AvgIpc) is 2.57. The molecule has 0 saturated heterocycles. The Hall–Kier alpha value is -0.570. The molecule has 0 amide bonds. The lowest BCUT2D eigenvalue weighted by Gasteiger charge is -2.29. The maximum Gasteiger partial charge on any atom is 0.304 e. The molecule has 0 aliphatic carbocycles. The molecule has 3 heteroatoms. The van der Waals surface area contributed by atoms with E-state index in [2.05, 4.69) is 32.7 Å². The van der Waals surface area contributed by atoms with Crippen LogP contribution in [0.5, 0.6) is 0 Å². The highest BCUT2D eigenvalue weighted by Crippen LogP contribution is 2.38. The number of nitrogens with one attached hydrogen (secondary N) is 1. The van der Waals surface area contributed by atoms with E-state index in [0.29, 0.717) is 5.92 Å². The Labute approximate surface area is 102 Å². The van der Waals surface area contributed by atoms with Crippen molar-refractivity contribution in [3.8, 4) is 0 Å². The van der Waals surface area contributed by atoms with E-state index >= 15 is 0 Å². The third-order valence-corrected chi connectivity index (χ3v) is 3.74. The first-order chi connectivity index (χ1) is 7.45. The van der Waals surface area contributed by atoms with Crippen LogP contribution in [0.4, 0.5) is 0 Å². The van der Waals surface area contributed by atoms with E-state index in [9.17, 15) is 4.79 Å². The highest BCUT2D eigenvalue weighted by atomic mass is 32.1. The third-order valence-electron chi connectivity index (χ3n) is 3.06. The van der Waals surface area contributed by atoms with Gasteiger partial charge >= 0.3 is 4.87 Å². The van der Waals surface area contributed by atoms with Crippen molar-refractivity contribution in [1.29, 1.82) is 0 Å². The lowest BCUT2D eigenvalue weighted by atomic mass is 9.76. The van der Waals surface area contributed by atoms with Gasteiger partial charge in [0.05, 0.1) is 0 Å². The van der Waals surface area contributed by atoms with Crippen LogP contribution in [0.15, 0.2) is 10.2 Å². The number of rotatable bonds is 5. The Balaban J connectivity index is 2.76. The van der Waals surface area contributed by atoms with Gasteiger partial charge < -0.3 is 4.98 Å².